The standard InChI is InChI=1S/C20H30F6OSi/c1-14(2)28(27,15(3)4)10-8-6-5-7-9-16-11-17(19(21,22)23)13-18(12-16)20(24,25)26/h11-15,27H,5-10H2,1-4H3. The molecule has 0 heterocycles. The third-order valence-electron chi connectivity index (χ3n) is 5.44. The van der Waals surface area contributed by atoms with Crippen molar-refractivity contribution in [3.63, 3.8) is 0 Å². The molecule has 1 nitrogen and oxygen atoms in total. The molecule has 0 aliphatic carbocycles. The molecule has 0 saturated carbocycles. The Balaban J connectivity index is 2.64. The molecule has 0 atom stereocenters. The summed E-state index contributed by atoms with van der Waals surface area (Å²) >= 11 is 0. The second-order valence-corrected chi connectivity index (χ2v) is 12.9. The van der Waals surface area contributed by atoms with Crippen LogP contribution >= 0.6 is 0 Å². The van der Waals surface area contributed by atoms with Crippen LogP contribution in [-0.4, -0.2) is 13.1 Å². The third-order valence-corrected chi connectivity index (χ3v) is 10.6. The molecule has 0 amide bonds. The number of rotatable bonds is 9. The zero-order valence-electron chi connectivity index (χ0n) is 16.8. The van der Waals surface area contributed by atoms with Gasteiger partial charge in [0.25, 0.3) is 0 Å². The quantitative estimate of drug-likeness (QED) is 0.244. The van der Waals surface area contributed by atoms with E-state index in [9.17, 15) is 31.1 Å². The number of benzene rings is 1. The van der Waals surface area contributed by atoms with Crippen LogP contribution in [0.5, 0.6) is 0 Å². The molecule has 1 rings (SSSR count). The summed E-state index contributed by atoms with van der Waals surface area (Å²) in [5.74, 6) is 0. The van der Waals surface area contributed by atoms with E-state index in [1.165, 1.54) is 0 Å². The number of halogens is 6. The average molecular weight is 429 g/mol. The Bertz CT molecular complexity index is 582. The first kappa shape index (κ1) is 25.0. The minimum atomic E-state index is -4.81. The molecule has 1 N–H and O–H groups in total. The van der Waals surface area contributed by atoms with Crippen molar-refractivity contribution < 1.29 is 31.1 Å². The number of hydrogen-bond acceptors (Lipinski definition) is 1. The SMILES string of the molecule is CC(C)[Si](O)(CCCCCCc1cc(C(F)(F)F)cc(C(F)(F)F)c1)C(C)C. The summed E-state index contributed by atoms with van der Waals surface area (Å²) in [6.07, 6.45) is -6.59. The van der Waals surface area contributed by atoms with E-state index in [4.69, 9.17) is 0 Å². The second-order valence-electron chi connectivity index (χ2n) is 8.13. The summed E-state index contributed by atoms with van der Waals surface area (Å²) in [4.78, 5) is 10.8. The molecule has 0 unspecified atom stereocenters. The van der Waals surface area contributed by atoms with Crippen LogP contribution in [0.3, 0.4) is 0 Å². The van der Waals surface area contributed by atoms with E-state index in [1.807, 2.05) is 27.7 Å². The van der Waals surface area contributed by atoms with Crippen LogP contribution in [0.1, 0.15) is 70.1 Å². The molecule has 0 aromatic heterocycles. The maximum Gasteiger partial charge on any atom is 0.416 e. The van der Waals surface area contributed by atoms with Crippen LogP contribution in [0, 0.1) is 0 Å². The Morgan fingerprint density at radius 2 is 1.18 bits per heavy atom. The highest BCUT2D eigenvalue weighted by Gasteiger charge is 2.38. The topological polar surface area (TPSA) is 20.2 Å². The predicted molar refractivity (Wildman–Crippen MR) is 102 cm³/mol. The van der Waals surface area contributed by atoms with Gasteiger partial charge in [-0.3, -0.25) is 0 Å². The van der Waals surface area contributed by atoms with Gasteiger partial charge in [-0.15, -0.1) is 0 Å². The highest BCUT2D eigenvalue weighted by atomic mass is 28.4. The van der Waals surface area contributed by atoms with Gasteiger partial charge >= 0.3 is 12.4 Å². The number of hydrogen-bond donors (Lipinski definition) is 1. The fourth-order valence-corrected chi connectivity index (χ4v) is 6.80. The molecule has 0 aliphatic rings. The van der Waals surface area contributed by atoms with Gasteiger partial charge in [-0.1, -0.05) is 47.0 Å². The lowest BCUT2D eigenvalue weighted by Gasteiger charge is -2.33. The molecular weight excluding hydrogens is 398 g/mol. The number of aryl methyl sites for hydroxylation is 1. The average Bonchev–Trinajstić information content (AvgIpc) is 2.55. The molecule has 28 heavy (non-hydrogen) atoms. The Morgan fingerprint density at radius 1 is 0.750 bits per heavy atom. The van der Waals surface area contributed by atoms with Gasteiger partial charge < -0.3 is 4.80 Å². The molecule has 162 valence electrons. The van der Waals surface area contributed by atoms with E-state index in [2.05, 4.69) is 0 Å². The second kappa shape index (κ2) is 9.65. The molecule has 0 saturated heterocycles. The smallest absolute Gasteiger partial charge is 0.416 e. The van der Waals surface area contributed by atoms with Crippen LogP contribution < -0.4 is 0 Å². The molecule has 0 fully saturated rings. The summed E-state index contributed by atoms with van der Waals surface area (Å²) in [6, 6.07) is 2.54. The predicted octanol–water partition coefficient (Wildman–Crippen LogP) is 7.58. The van der Waals surface area contributed by atoms with Crippen LogP contribution in [0.25, 0.3) is 0 Å². The van der Waals surface area contributed by atoms with E-state index >= 15 is 0 Å². The first-order chi connectivity index (χ1) is 12.7. The summed E-state index contributed by atoms with van der Waals surface area (Å²) in [5, 5.41) is 0. The molecule has 0 bridgehead atoms. The molecule has 1 aromatic rings. The van der Waals surface area contributed by atoms with Crippen LogP contribution in [-0.2, 0) is 18.8 Å². The minimum Gasteiger partial charge on any atom is -0.431 e. The van der Waals surface area contributed by atoms with Gasteiger partial charge in [-0.2, -0.15) is 26.3 Å². The minimum absolute atomic E-state index is 0.0531. The first-order valence-corrected chi connectivity index (χ1v) is 12.0. The maximum absolute atomic E-state index is 12.9. The fraction of sp³-hybridized carbons (Fsp3) is 0.700. The van der Waals surface area contributed by atoms with E-state index in [0.29, 0.717) is 12.8 Å². The van der Waals surface area contributed by atoms with Gasteiger partial charge in [0.05, 0.1) is 11.1 Å². The monoisotopic (exact) mass is 428 g/mol. The van der Waals surface area contributed by atoms with Gasteiger partial charge in [0.2, 0.25) is 0 Å². The van der Waals surface area contributed by atoms with Crippen molar-refractivity contribution in [1.82, 2.24) is 0 Å². The Labute approximate surface area is 164 Å². The number of unbranched alkanes of at least 4 members (excludes halogenated alkanes) is 3. The lowest BCUT2D eigenvalue weighted by molar-refractivity contribution is -0.143. The fourth-order valence-electron chi connectivity index (χ4n) is 3.50. The van der Waals surface area contributed by atoms with Crippen molar-refractivity contribution in [2.45, 2.75) is 89.3 Å². The van der Waals surface area contributed by atoms with Crippen molar-refractivity contribution in [2.75, 3.05) is 0 Å². The van der Waals surface area contributed by atoms with Crippen molar-refractivity contribution in [3.8, 4) is 0 Å². The van der Waals surface area contributed by atoms with Gasteiger partial charge in [0.1, 0.15) is 0 Å². The lowest BCUT2D eigenvalue weighted by Crippen LogP contribution is -2.41. The van der Waals surface area contributed by atoms with Crippen LogP contribution in [0.2, 0.25) is 17.1 Å². The van der Waals surface area contributed by atoms with Gasteiger partial charge in [-0.05, 0) is 53.7 Å². The van der Waals surface area contributed by atoms with Gasteiger partial charge in [-0.25, -0.2) is 0 Å². The third kappa shape index (κ3) is 7.10. The normalized spacial score (nSPS) is 13.6. The van der Waals surface area contributed by atoms with E-state index in [-0.39, 0.29) is 29.1 Å². The van der Waals surface area contributed by atoms with Gasteiger partial charge in [0, 0.05) is 0 Å². The molecule has 8 heteroatoms. The zero-order valence-corrected chi connectivity index (χ0v) is 17.8. The Hall–Kier alpha value is -1.02. The highest BCUT2D eigenvalue weighted by molar-refractivity contribution is 6.75. The Morgan fingerprint density at radius 3 is 1.57 bits per heavy atom. The molecule has 0 aliphatic heterocycles. The highest BCUT2D eigenvalue weighted by Crippen LogP contribution is 2.37. The zero-order chi connectivity index (χ0) is 21.8. The first-order valence-electron chi connectivity index (χ1n) is 9.68. The number of alkyl halides is 6. The van der Waals surface area contributed by atoms with E-state index in [1.54, 1.807) is 0 Å². The van der Waals surface area contributed by atoms with E-state index in [0.717, 1.165) is 31.0 Å². The van der Waals surface area contributed by atoms with Crippen molar-refractivity contribution >= 4 is 8.32 Å². The molecule has 0 spiro atoms. The summed E-state index contributed by atoms with van der Waals surface area (Å²) < 4.78 is 77.3. The van der Waals surface area contributed by atoms with Crippen molar-refractivity contribution in [2.24, 2.45) is 0 Å². The molecule has 0 radical (unpaired) electrons. The maximum atomic E-state index is 12.9. The Kier molecular flexibility index (Phi) is 8.62. The lowest BCUT2D eigenvalue weighted by atomic mass is 10.00. The summed E-state index contributed by atoms with van der Waals surface area (Å²) in [6.45, 7) is 8.10. The summed E-state index contributed by atoms with van der Waals surface area (Å²) in [7, 11) is -2.34. The van der Waals surface area contributed by atoms with Gasteiger partial charge in [0.15, 0.2) is 8.32 Å². The molecular formula is C20H30F6OSi. The van der Waals surface area contributed by atoms with E-state index < -0.39 is 31.8 Å². The van der Waals surface area contributed by atoms with Crippen LogP contribution in [0.4, 0.5) is 26.3 Å². The molecule has 1 aromatic carbocycles. The summed E-state index contributed by atoms with van der Waals surface area (Å²) in [5.41, 5.74) is -1.97. The van der Waals surface area contributed by atoms with Crippen molar-refractivity contribution in [1.29, 1.82) is 0 Å². The largest absolute Gasteiger partial charge is 0.431 e. The van der Waals surface area contributed by atoms with Crippen LogP contribution in [0.15, 0.2) is 18.2 Å². The van der Waals surface area contributed by atoms with Crippen molar-refractivity contribution in [3.05, 3.63) is 34.9 Å².